The standard InChI is InChI=1S/C18H11BrN4O5/c19-13-1-3-15(27-6-5-20)12(7-13)10-21-22-18(24)17-9-11-8-14(23(25)26)2-4-16(11)28-17/h1-4,7-10H,6H2,(H,22,24)/b21-10-. The number of hydrazone groups is 1. The molecule has 0 atom stereocenters. The molecule has 28 heavy (non-hydrogen) atoms. The average molecular weight is 443 g/mol. The fraction of sp³-hybridized carbons (Fsp3) is 0.0556. The molecule has 2 aromatic carbocycles. The first-order valence-corrected chi connectivity index (χ1v) is 8.58. The molecular formula is C18H11BrN4O5. The summed E-state index contributed by atoms with van der Waals surface area (Å²) in [6.07, 6.45) is 1.36. The van der Waals surface area contributed by atoms with Gasteiger partial charge in [0.1, 0.15) is 17.4 Å². The highest BCUT2D eigenvalue weighted by Crippen LogP contribution is 2.24. The number of carbonyl (C=O) groups is 1. The fourth-order valence-corrected chi connectivity index (χ4v) is 2.71. The largest absolute Gasteiger partial charge is 0.478 e. The molecule has 0 aliphatic rings. The van der Waals surface area contributed by atoms with E-state index < -0.39 is 10.8 Å². The third-order valence-electron chi connectivity index (χ3n) is 3.57. The molecule has 0 spiro atoms. The zero-order valence-electron chi connectivity index (χ0n) is 14.1. The minimum Gasteiger partial charge on any atom is -0.478 e. The van der Waals surface area contributed by atoms with Gasteiger partial charge in [0.05, 0.1) is 11.1 Å². The molecule has 0 fully saturated rings. The Balaban J connectivity index is 1.75. The number of benzene rings is 2. The van der Waals surface area contributed by atoms with E-state index in [4.69, 9.17) is 14.4 Å². The van der Waals surface area contributed by atoms with E-state index in [0.29, 0.717) is 22.3 Å². The van der Waals surface area contributed by atoms with Gasteiger partial charge in [-0.2, -0.15) is 10.4 Å². The van der Waals surface area contributed by atoms with Crippen LogP contribution in [0, 0.1) is 21.4 Å². The summed E-state index contributed by atoms with van der Waals surface area (Å²) in [4.78, 5) is 22.5. The molecule has 0 aliphatic heterocycles. The molecule has 3 rings (SSSR count). The van der Waals surface area contributed by atoms with Crippen LogP contribution in [-0.2, 0) is 0 Å². The predicted molar refractivity (Wildman–Crippen MR) is 103 cm³/mol. The summed E-state index contributed by atoms with van der Waals surface area (Å²) in [5.41, 5.74) is 3.11. The average Bonchev–Trinajstić information content (AvgIpc) is 3.10. The van der Waals surface area contributed by atoms with Crippen LogP contribution >= 0.6 is 15.9 Å². The second-order valence-electron chi connectivity index (χ2n) is 5.42. The first-order valence-electron chi connectivity index (χ1n) is 7.78. The maximum absolute atomic E-state index is 12.2. The molecule has 1 amide bonds. The van der Waals surface area contributed by atoms with Crippen molar-refractivity contribution in [3.63, 3.8) is 0 Å². The van der Waals surface area contributed by atoms with Crippen LogP contribution < -0.4 is 10.2 Å². The van der Waals surface area contributed by atoms with Crippen LogP contribution in [-0.4, -0.2) is 23.7 Å². The smallest absolute Gasteiger partial charge is 0.307 e. The van der Waals surface area contributed by atoms with Crippen molar-refractivity contribution in [2.75, 3.05) is 6.61 Å². The van der Waals surface area contributed by atoms with E-state index in [9.17, 15) is 14.9 Å². The molecule has 140 valence electrons. The van der Waals surface area contributed by atoms with Gasteiger partial charge in [0, 0.05) is 27.6 Å². The summed E-state index contributed by atoms with van der Waals surface area (Å²) in [7, 11) is 0. The number of nitriles is 1. The summed E-state index contributed by atoms with van der Waals surface area (Å²) >= 11 is 3.33. The number of nitrogens with one attached hydrogen (secondary N) is 1. The van der Waals surface area contributed by atoms with Gasteiger partial charge in [-0.15, -0.1) is 0 Å². The van der Waals surface area contributed by atoms with E-state index in [2.05, 4.69) is 26.5 Å². The molecule has 1 N–H and O–H groups in total. The van der Waals surface area contributed by atoms with Gasteiger partial charge in [-0.25, -0.2) is 5.43 Å². The van der Waals surface area contributed by atoms with E-state index in [-0.39, 0.29) is 18.1 Å². The Labute approximate surface area is 166 Å². The van der Waals surface area contributed by atoms with Crippen molar-refractivity contribution in [2.24, 2.45) is 5.10 Å². The highest BCUT2D eigenvalue weighted by atomic mass is 79.9. The van der Waals surface area contributed by atoms with Gasteiger partial charge in [0.2, 0.25) is 0 Å². The molecule has 1 aromatic heterocycles. The van der Waals surface area contributed by atoms with Gasteiger partial charge in [-0.05, 0) is 30.3 Å². The number of halogens is 1. The quantitative estimate of drug-likeness (QED) is 0.351. The van der Waals surface area contributed by atoms with Crippen LogP contribution in [0.4, 0.5) is 5.69 Å². The number of nitro benzene ring substituents is 1. The third kappa shape index (κ3) is 4.33. The minimum atomic E-state index is -0.621. The number of nitro groups is 1. The van der Waals surface area contributed by atoms with Crippen LogP contribution in [0.25, 0.3) is 11.0 Å². The highest BCUT2D eigenvalue weighted by molar-refractivity contribution is 9.10. The van der Waals surface area contributed by atoms with Crippen molar-refractivity contribution >= 4 is 44.7 Å². The molecule has 1 heterocycles. The normalized spacial score (nSPS) is 10.7. The van der Waals surface area contributed by atoms with Crippen LogP contribution in [0.1, 0.15) is 16.1 Å². The summed E-state index contributed by atoms with van der Waals surface area (Å²) in [6.45, 7) is -0.125. The summed E-state index contributed by atoms with van der Waals surface area (Å²) in [5, 5.41) is 23.8. The topological polar surface area (TPSA) is 131 Å². The number of rotatable bonds is 6. The Morgan fingerprint density at radius 3 is 2.93 bits per heavy atom. The van der Waals surface area contributed by atoms with E-state index in [1.165, 1.54) is 30.5 Å². The number of furan rings is 1. The first kappa shape index (κ1) is 19.1. The minimum absolute atomic E-state index is 0.0390. The van der Waals surface area contributed by atoms with E-state index in [0.717, 1.165) is 4.47 Å². The molecule has 10 heteroatoms. The Hall–Kier alpha value is -3.71. The number of hydrogen-bond acceptors (Lipinski definition) is 7. The van der Waals surface area contributed by atoms with Crippen molar-refractivity contribution in [3.05, 3.63) is 68.4 Å². The molecule has 0 saturated carbocycles. The van der Waals surface area contributed by atoms with E-state index >= 15 is 0 Å². The highest BCUT2D eigenvalue weighted by Gasteiger charge is 2.14. The molecule has 0 aliphatic carbocycles. The Bertz CT molecular complexity index is 1130. The lowest BCUT2D eigenvalue weighted by atomic mass is 10.2. The monoisotopic (exact) mass is 442 g/mol. The fourth-order valence-electron chi connectivity index (χ4n) is 2.33. The Kier molecular flexibility index (Phi) is 5.67. The molecule has 3 aromatic rings. The Morgan fingerprint density at radius 2 is 2.18 bits per heavy atom. The van der Waals surface area contributed by atoms with Crippen LogP contribution in [0.3, 0.4) is 0 Å². The van der Waals surface area contributed by atoms with E-state index in [1.807, 2.05) is 6.07 Å². The van der Waals surface area contributed by atoms with Crippen LogP contribution in [0.2, 0.25) is 0 Å². The van der Waals surface area contributed by atoms with Gasteiger partial charge in [-0.3, -0.25) is 14.9 Å². The lowest BCUT2D eigenvalue weighted by molar-refractivity contribution is -0.384. The predicted octanol–water partition coefficient (Wildman–Crippen LogP) is 3.77. The van der Waals surface area contributed by atoms with Gasteiger partial charge in [0.15, 0.2) is 12.4 Å². The number of ether oxygens (including phenoxy) is 1. The number of fused-ring (bicyclic) bond motifs is 1. The van der Waals surface area contributed by atoms with Crippen LogP contribution in [0.15, 0.2) is 56.5 Å². The van der Waals surface area contributed by atoms with Crippen LogP contribution in [0.5, 0.6) is 5.75 Å². The second kappa shape index (κ2) is 8.32. The number of nitrogens with zero attached hydrogens (tertiary/aromatic N) is 3. The molecule has 0 radical (unpaired) electrons. The number of amides is 1. The maximum Gasteiger partial charge on any atom is 0.307 e. The number of hydrogen-bond donors (Lipinski definition) is 1. The van der Waals surface area contributed by atoms with Crippen molar-refractivity contribution in [1.29, 1.82) is 5.26 Å². The zero-order chi connectivity index (χ0) is 20.1. The molecular weight excluding hydrogens is 432 g/mol. The first-order chi connectivity index (χ1) is 13.5. The molecule has 0 unspecified atom stereocenters. The number of non-ortho nitro benzene ring substituents is 1. The second-order valence-corrected chi connectivity index (χ2v) is 6.33. The molecule has 9 nitrogen and oxygen atoms in total. The molecule has 0 saturated heterocycles. The third-order valence-corrected chi connectivity index (χ3v) is 4.06. The van der Waals surface area contributed by atoms with Gasteiger partial charge < -0.3 is 9.15 Å². The SMILES string of the molecule is N#CCOc1ccc(Br)cc1/C=N\NC(=O)c1cc2cc([N+](=O)[O-])ccc2o1. The summed E-state index contributed by atoms with van der Waals surface area (Å²) in [6, 6.07) is 12.4. The van der Waals surface area contributed by atoms with Gasteiger partial charge in [0.25, 0.3) is 5.69 Å². The maximum atomic E-state index is 12.2. The summed E-state index contributed by atoms with van der Waals surface area (Å²) in [5.74, 6) is -0.230. The molecule has 0 bridgehead atoms. The lowest BCUT2D eigenvalue weighted by Gasteiger charge is -2.06. The van der Waals surface area contributed by atoms with Crippen molar-refractivity contribution in [2.45, 2.75) is 0 Å². The lowest BCUT2D eigenvalue weighted by Crippen LogP contribution is -2.16. The van der Waals surface area contributed by atoms with E-state index in [1.54, 1.807) is 18.2 Å². The van der Waals surface area contributed by atoms with Crippen molar-refractivity contribution < 1.29 is 18.9 Å². The Morgan fingerprint density at radius 1 is 1.36 bits per heavy atom. The van der Waals surface area contributed by atoms with Gasteiger partial charge >= 0.3 is 5.91 Å². The van der Waals surface area contributed by atoms with Crippen molar-refractivity contribution in [3.8, 4) is 11.8 Å². The zero-order valence-corrected chi connectivity index (χ0v) is 15.7. The van der Waals surface area contributed by atoms with Gasteiger partial charge in [-0.1, -0.05) is 15.9 Å². The van der Waals surface area contributed by atoms with Crippen molar-refractivity contribution in [1.82, 2.24) is 5.43 Å². The number of carbonyl (C=O) groups excluding carboxylic acids is 1. The summed E-state index contributed by atoms with van der Waals surface area (Å²) < 4.78 is 11.4.